The van der Waals surface area contributed by atoms with Crippen molar-refractivity contribution in [2.75, 3.05) is 0 Å². The molecule has 1 aliphatic carbocycles. The highest BCUT2D eigenvalue weighted by atomic mass is 14.7. The zero-order valence-corrected chi connectivity index (χ0v) is 8.77. The molecule has 0 aromatic carbocycles. The van der Waals surface area contributed by atoms with E-state index in [0.717, 1.165) is 5.92 Å². The fraction of sp³-hybridized carbons (Fsp3) is 1.00. The van der Waals surface area contributed by atoms with Gasteiger partial charge in [0.2, 0.25) is 0 Å². The van der Waals surface area contributed by atoms with Crippen molar-refractivity contribution in [1.29, 1.82) is 0 Å². The summed E-state index contributed by atoms with van der Waals surface area (Å²) in [6.07, 6.45) is 6.54. The standard InChI is InChI=1S/C11H23N/c1-4-6-10(12)9-7-5-8-11(9,2)3/h9-10H,4-8,12H2,1-3H3. The van der Waals surface area contributed by atoms with Crippen molar-refractivity contribution in [3.63, 3.8) is 0 Å². The normalized spacial score (nSPS) is 30.5. The molecular formula is C11H23N. The second-order valence-corrected chi connectivity index (χ2v) is 4.94. The summed E-state index contributed by atoms with van der Waals surface area (Å²) in [5.74, 6) is 0.775. The Morgan fingerprint density at radius 2 is 2.17 bits per heavy atom. The molecule has 0 aromatic heterocycles. The number of nitrogens with two attached hydrogens (primary N) is 1. The molecule has 1 fully saturated rings. The van der Waals surface area contributed by atoms with E-state index < -0.39 is 0 Å². The summed E-state index contributed by atoms with van der Waals surface area (Å²) in [7, 11) is 0. The molecule has 1 rings (SSSR count). The van der Waals surface area contributed by atoms with E-state index in [1.165, 1.54) is 32.1 Å². The molecule has 0 bridgehead atoms. The Kier molecular flexibility index (Phi) is 3.16. The minimum atomic E-state index is 0.451. The molecule has 1 heteroatoms. The van der Waals surface area contributed by atoms with Crippen LogP contribution in [0.5, 0.6) is 0 Å². The molecule has 72 valence electrons. The lowest BCUT2D eigenvalue weighted by molar-refractivity contribution is 0.214. The summed E-state index contributed by atoms with van der Waals surface area (Å²) in [6.45, 7) is 6.97. The van der Waals surface area contributed by atoms with Gasteiger partial charge in [-0.3, -0.25) is 0 Å². The largest absolute Gasteiger partial charge is 0.327 e. The van der Waals surface area contributed by atoms with E-state index >= 15 is 0 Å². The fourth-order valence-electron chi connectivity index (χ4n) is 2.68. The molecule has 2 N–H and O–H groups in total. The van der Waals surface area contributed by atoms with Crippen molar-refractivity contribution in [2.24, 2.45) is 17.1 Å². The molecule has 0 heterocycles. The van der Waals surface area contributed by atoms with Crippen LogP contribution < -0.4 is 5.73 Å². The molecular weight excluding hydrogens is 146 g/mol. The third-order valence-corrected chi connectivity index (χ3v) is 3.48. The molecule has 0 amide bonds. The van der Waals surface area contributed by atoms with Gasteiger partial charge in [-0.2, -0.15) is 0 Å². The molecule has 0 spiro atoms. The first-order chi connectivity index (χ1) is 5.58. The Labute approximate surface area is 76.7 Å². The summed E-state index contributed by atoms with van der Waals surface area (Å²) < 4.78 is 0. The van der Waals surface area contributed by atoms with Crippen LogP contribution in [0.25, 0.3) is 0 Å². The van der Waals surface area contributed by atoms with Crippen molar-refractivity contribution in [1.82, 2.24) is 0 Å². The van der Waals surface area contributed by atoms with Crippen LogP contribution in [-0.2, 0) is 0 Å². The first-order valence-electron chi connectivity index (χ1n) is 5.33. The quantitative estimate of drug-likeness (QED) is 0.690. The number of hydrogen-bond acceptors (Lipinski definition) is 1. The highest BCUT2D eigenvalue weighted by molar-refractivity contribution is 4.90. The molecule has 0 saturated heterocycles. The van der Waals surface area contributed by atoms with Crippen molar-refractivity contribution in [3.05, 3.63) is 0 Å². The second kappa shape index (κ2) is 3.78. The van der Waals surface area contributed by atoms with Crippen LogP contribution in [0.1, 0.15) is 52.9 Å². The van der Waals surface area contributed by atoms with Gasteiger partial charge in [0.15, 0.2) is 0 Å². The molecule has 2 atom stereocenters. The van der Waals surface area contributed by atoms with Crippen LogP contribution in [0.2, 0.25) is 0 Å². The minimum Gasteiger partial charge on any atom is -0.327 e. The number of rotatable bonds is 3. The van der Waals surface area contributed by atoms with Gasteiger partial charge in [0, 0.05) is 6.04 Å². The van der Waals surface area contributed by atoms with Crippen LogP contribution in [-0.4, -0.2) is 6.04 Å². The molecule has 1 nitrogen and oxygen atoms in total. The highest BCUT2D eigenvalue weighted by Gasteiger charge is 2.37. The van der Waals surface area contributed by atoms with E-state index in [9.17, 15) is 0 Å². The van der Waals surface area contributed by atoms with Crippen molar-refractivity contribution >= 4 is 0 Å². The molecule has 1 aliphatic rings. The van der Waals surface area contributed by atoms with Gasteiger partial charge in [0.05, 0.1) is 0 Å². The first kappa shape index (κ1) is 10.0. The summed E-state index contributed by atoms with van der Waals surface area (Å²) in [4.78, 5) is 0. The van der Waals surface area contributed by atoms with E-state index in [2.05, 4.69) is 20.8 Å². The average molecular weight is 169 g/mol. The molecule has 0 radical (unpaired) electrons. The lowest BCUT2D eigenvalue weighted by atomic mass is 9.77. The van der Waals surface area contributed by atoms with Crippen LogP contribution >= 0.6 is 0 Å². The summed E-state index contributed by atoms with van der Waals surface area (Å²) in [6, 6.07) is 0.451. The third-order valence-electron chi connectivity index (χ3n) is 3.48. The Bertz CT molecular complexity index is 140. The van der Waals surface area contributed by atoms with E-state index in [1.54, 1.807) is 0 Å². The van der Waals surface area contributed by atoms with E-state index in [1.807, 2.05) is 0 Å². The van der Waals surface area contributed by atoms with Crippen LogP contribution in [0.4, 0.5) is 0 Å². The molecule has 0 aliphatic heterocycles. The predicted octanol–water partition coefficient (Wildman–Crippen LogP) is 2.94. The maximum atomic E-state index is 6.17. The van der Waals surface area contributed by atoms with E-state index in [4.69, 9.17) is 5.73 Å². The second-order valence-electron chi connectivity index (χ2n) is 4.94. The monoisotopic (exact) mass is 169 g/mol. The van der Waals surface area contributed by atoms with Crippen molar-refractivity contribution < 1.29 is 0 Å². The highest BCUT2D eigenvalue weighted by Crippen LogP contribution is 2.44. The summed E-state index contributed by atoms with van der Waals surface area (Å²) in [5, 5.41) is 0. The van der Waals surface area contributed by atoms with Crippen LogP contribution in [0.15, 0.2) is 0 Å². The Morgan fingerprint density at radius 3 is 2.58 bits per heavy atom. The lowest BCUT2D eigenvalue weighted by Crippen LogP contribution is -2.36. The van der Waals surface area contributed by atoms with E-state index in [0.29, 0.717) is 11.5 Å². The maximum absolute atomic E-state index is 6.17. The summed E-state index contributed by atoms with van der Waals surface area (Å²) in [5.41, 5.74) is 6.67. The zero-order valence-electron chi connectivity index (χ0n) is 8.77. The average Bonchev–Trinajstić information content (AvgIpc) is 2.30. The molecule has 1 saturated carbocycles. The maximum Gasteiger partial charge on any atom is 0.00721 e. The molecule has 2 unspecified atom stereocenters. The van der Waals surface area contributed by atoms with Crippen molar-refractivity contribution in [2.45, 2.75) is 58.9 Å². The van der Waals surface area contributed by atoms with Gasteiger partial charge >= 0.3 is 0 Å². The SMILES string of the molecule is CCCC(N)C1CCCC1(C)C. The topological polar surface area (TPSA) is 26.0 Å². The van der Waals surface area contributed by atoms with E-state index in [-0.39, 0.29) is 0 Å². The third kappa shape index (κ3) is 2.01. The molecule has 12 heavy (non-hydrogen) atoms. The van der Waals surface area contributed by atoms with Crippen LogP contribution in [0.3, 0.4) is 0 Å². The predicted molar refractivity (Wildman–Crippen MR) is 54.0 cm³/mol. The van der Waals surface area contributed by atoms with Gasteiger partial charge in [0.1, 0.15) is 0 Å². The lowest BCUT2D eigenvalue weighted by Gasteiger charge is -2.31. The zero-order chi connectivity index (χ0) is 9.19. The van der Waals surface area contributed by atoms with Gasteiger partial charge in [-0.25, -0.2) is 0 Å². The Hall–Kier alpha value is -0.0400. The molecule has 0 aromatic rings. The van der Waals surface area contributed by atoms with Gasteiger partial charge < -0.3 is 5.73 Å². The van der Waals surface area contributed by atoms with Gasteiger partial charge in [-0.1, -0.05) is 33.6 Å². The first-order valence-corrected chi connectivity index (χ1v) is 5.33. The Morgan fingerprint density at radius 1 is 1.50 bits per heavy atom. The number of hydrogen-bond donors (Lipinski definition) is 1. The fourth-order valence-corrected chi connectivity index (χ4v) is 2.68. The van der Waals surface area contributed by atoms with Gasteiger partial charge in [-0.05, 0) is 30.6 Å². The smallest absolute Gasteiger partial charge is 0.00721 e. The minimum absolute atomic E-state index is 0.451. The van der Waals surface area contributed by atoms with Crippen LogP contribution in [0, 0.1) is 11.3 Å². The Balaban J connectivity index is 2.50. The van der Waals surface area contributed by atoms with Gasteiger partial charge in [0.25, 0.3) is 0 Å². The van der Waals surface area contributed by atoms with Crippen molar-refractivity contribution in [3.8, 4) is 0 Å². The summed E-state index contributed by atoms with van der Waals surface area (Å²) >= 11 is 0. The van der Waals surface area contributed by atoms with Gasteiger partial charge in [-0.15, -0.1) is 0 Å².